The standard InChI is InChI=1S/C25H44BN3O7/c1-17(28-20(32)34-21(2,3)4)18(30)29-15-24(12-14-27-25(24,16-29)19(31)33-9)11-10-13-26-35-22(5,6)23(7,8)36-26/h17,27H,10-16H2,1-9H3,(H,28,32)/t17-,24+,25+/m0/s1. The minimum Gasteiger partial charge on any atom is -0.468 e. The van der Waals surface area contributed by atoms with Crippen LogP contribution in [0.2, 0.25) is 6.32 Å². The predicted molar refractivity (Wildman–Crippen MR) is 135 cm³/mol. The normalized spacial score (nSPS) is 29.6. The summed E-state index contributed by atoms with van der Waals surface area (Å²) in [4.78, 5) is 40.3. The van der Waals surface area contributed by atoms with Gasteiger partial charge in [-0.15, -0.1) is 0 Å². The first-order valence-corrected chi connectivity index (χ1v) is 12.9. The number of carbonyl (C=O) groups excluding carboxylic acids is 3. The molecule has 10 nitrogen and oxygen atoms in total. The zero-order chi connectivity index (χ0) is 27.2. The van der Waals surface area contributed by atoms with Crippen molar-refractivity contribution in [3.63, 3.8) is 0 Å². The molecule has 0 aromatic heterocycles. The molecule has 3 aliphatic rings. The SMILES string of the molecule is COC(=O)[C@]12CN(C(=O)[C@H](C)NC(=O)OC(C)(C)C)C[C@@]1(CCCB1OC(C)(C)C(C)(C)O1)CCN2. The van der Waals surface area contributed by atoms with Crippen LogP contribution in [0.25, 0.3) is 0 Å². The van der Waals surface area contributed by atoms with Crippen LogP contribution in [-0.2, 0) is 28.4 Å². The van der Waals surface area contributed by atoms with Gasteiger partial charge in [0.1, 0.15) is 17.2 Å². The zero-order valence-electron chi connectivity index (χ0n) is 23.4. The maximum atomic E-state index is 13.3. The molecule has 0 aromatic rings. The number of ether oxygens (including phenoxy) is 2. The molecule has 36 heavy (non-hydrogen) atoms. The topological polar surface area (TPSA) is 115 Å². The van der Waals surface area contributed by atoms with Gasteiger partial charge in [-0.05, 0) is 81.1 Å². The molecule has 3 saturated heterocycles. The Morgan fingerprint density at radius 1 is 1.11 bits per heavy atom. The van der Waals surface area contributed by atoms with Crippen molar-refractivity contribution in [1.29, 1.82) is 0 Å². The number of esters is 1. The molecule has 0 bridgehead atoms. The number of amides is 2. The van der Waals surface area contributed by atoms with Crippen molar-refractivity contribution in [3.8, 4) is 0 Å². The first kappa shape index (κ1) is 28.7. The third-order valence-corrected chi connectivity index (χ3v) is 8.20. The van der Waals surface area contributed by atoms with E-state index in [9.17, 15) is 14.4 Å². The highest BCUT2D eigenvalue weighted by atomic mass is 16.7. The van der Waals surface area contributed by atoms with Crippen molar-refractivity contribution >= 4 is 25.1 Å². The van der Waals surface area contributed by atoms with E-state index >= 15 is 0 Å². The largest absolute Gasteiger partial charge is 0.468 e. The van der Waals surface area contributed by atoms with Crippen molar-refractivity contribution in [2.45, 2.75) is 109 Å². The van der Waals surface area contributed by atoms with E-state index in [1.807, 2.05) is 27.7 Å². The van der Waals surface area contributed by atoms with Gasteiger partial charge < -0.3 is 29.0 Å². The van der Waals surface area contributed by atoms with E-state index in [0.29, 0.717) is 25.8 Å². The molecule has 0 spiro atoms. The molecule has 0 radical (unpaired) electrons. The maximum absolute atomic E-state index is 13.3. The Labute approximate surface area is 215 Å². The highest BCUT2D eigenvalue weighted by Crippen LogP contribution is 2.51. The fourth-order valence-corrected chi connectivity index (χ4v) is 5.67. The van der Waals surface area contributed by atoms with Crippen LogP contribution >= 0.6 is 0 Å². The summed E-state index contributed by atoms with van der Waals surface area (Å²) in [6, 6.07) is -0.796. The Bertz CT molecular complexity index is 858. The van der Waals surface area contributed by atoms with Gasteiger partial charge in [-0.2, -0.15) is 0 Å². The molecule has 2 amide bonds. The summed E-state index contributed by atoms with van der Waals surface area (Å²) >= 11 is 0. The average molecular weight is 509 g/mol. The third kappa shape index (κ3) is 5.38. The molecule has 204 valence electrons. The minimum atomic E-state index is -0.987. The zero-order valence-corrected chi connectivity index (χ0v) is 23.4. The molecule has 3 rings (SSSR count). The van der Waals surface area contributed by atoms with Crippen molar-refractivity contribution in [1.82, 2.24) is 15.5 Å². The lowest BCUT2D eigenvalue weighted by molar-refractivity contribution is -0.151. The summed E-state index contributed by atoms with van der Waals surface area (Å²) < 4.78 is 22.8. The number of nitrogens with zero attached hydrogens (tertiary/aromatic N) is 1. The summed E-state index contributed by atoms with van der Waals surface area (Å²) in [6.45, 7) is 16.3. The van der Waals surface area contributed by atoms with Gasteiger partial charge in [0, 0.05) is 12.0 Å². The molecular weight excluding hydrogens is 465 g/mol. The Morgan fingerprint density at radius 3 is 2.28 bits per heavy atom. The predicted octanol–water partition coefficient (Wildman–Crippen LogP) is 2.51. The van der Waals surface area contributed by atoms with Gasteiger partial charge in [-0.3, -0.25) is 10.1 Å². The second-order valence-electron chi connectivity index (χ2n) is 12.5. The van der Waals surface area contributed by atoms with Gasteiger partial charge in [0.15, 0.2) is 0 Å². The van der Waals surface area contributed by atoms with Crippen LogP contribution in [-0.4, -0.2) is 85.1 Å². The number of alkyl carbamates (subject to hydrolysis) is 1. The number of hydrogen-bond acceptors (Lipinski definition) is 8. The molecule has 2 N–H and O–H groups in total. The lowest BCUT2D eigenvalue weighted by Gasteiger charge is -2.36. The summed E-state index contributed by atoms with van der Waals surface area (Å²) in [5, 5.41) is 6.00. The summed E-state index contributed by atoms with van der Waals surface area (Å²) in [7, 11) is 1.06. The van der Waals surface area contributed by atoms with Gasteiger partial charge in [-0.25, -0.2) is 9.59 Å². The van der Waals surface area contributed by atoms with Gasteiger partial charge in [0.05, 0.1) is 24.9 Å². The van der Waals surface area contributed by atoms with Crippen LogP contribution < -0.4 is 10.6 Å². The molecule has 3 aliphatic heterocycles. The number of nitrogens with one attached hydrogen (secondary N) is 2. The van der Waals surface area contributed by atoms with E-state index in [1.54, 1.807) is 32.6 Å². The molecule has 3 atom stereocenters. The molecule has 0 unspecified atom stereocenters. The molecule has 0 aliphatic carbocycles. The van der Waals surface area contributed by atoms with E-state index in [-0.39, 0.29) is 25.5 Å². The number of carbonyl (C=O) groups is 3. The number of fused-ring (bicyclic) bond motifs is 1. The highest BCUT2D eigenvalue weighted by Gasteiger charge is 2.66. The highest BCUT2D eigenvalue weighted by molar-refractivity contribution is 6.45. The van der Waals surface area contributed by atoms with E-state index in [4.69, 9.17) is 18.8 Å². The van der Waals surface area contributed by atoms with Crippen LogP contribution in [0, 0.1) is 5.41 Å². The third-order valence-electron chi connectivity index (χ3n) is 8.20. The molecule has 11 heteroatoms. The Kier molecular flexibility index (Phi) is 7.82. The lowest BCUT2D eigenvalue weighted by atomic mass is 9.67. The van der Waals surface area contributed by atoms with Crippen LogP contribution in [0.3, 0.4) is 0 Å². The van der Waals surface area contributed by atoms with Gasteiger partial charge in [0.2, 0.25) is 5.91 Å². The first-order valence-electron chi connectivity index (χ1n) is 12.9. The molecule has 3 heterocycles. The number of rotatable bonds is 7. The second kappa shape index (κ2) is 9.80. The smallest absolute Gasteiger partial charge is 0.457 e. The maximum Gasteiger partial charge on any atom is 0.457 e. The molecule has 0 saturated carbocycles. The number of hydrogen-bond donors (Lipinski definition) is 2. The summed E-state index contributed by atoms with van der Waals surface area (Å²) in [5.41, 5.74) is -2.93. The average Bonchev–Trinajstić information content (AvgIpc) is 3.30. The molecule has 0 aromatic carbocycles. The Hall–Kier alpha value is -1.85. The monoisotopic (exact) mass is 509 g/mol. The van der Waals surface area contributed by atoms with Crippen molar-refractivity contribution in [2.75, 3.05) is 26.7 Å². The summed E-state index contributed by atoms with van der Waals surface area (Å²) in [6.07, 6.45) is 2.25. The van der Waals surface area contributed by atoms with E-state index < -0.39 is 39.9 Å². The first-order chi connectivity index (χ1) is 16.5. The fourth-order valence-electron chi connectivity index (χ4n) is 5.67. The second-order valence-corrected chi connectivity index (χ2v) is 12.5. The van der Waals surface area contributed by atoms with Gasteiger partial charge in [0.25, 0.3) is 0 Å². The molecule has 3 fully saturated rings. The van der Waals surface area contributed by atoms with Crippen LogP contribution in [0.5, 0.6) is 0 Å². The van der Waals surface area contributed by atoms with Crippen molar-refractivity contribution < 1.29 is 33.2 Å². The van der Waals surface area contributed by atoms with E-state index in [1.165, 1.54) is 7.11 Å². The van der Waals surface area contributed by atoms with Crippen LogP contribution in [0.1, 0.15) is 74.7 Å². The van der Waals surface area contributed by atoms with Crippen LogP contribution in [0.4, 0.5) is 4.79 Å². The van der Waals surface area contributed by atoms with Gasteiger partial charge in [-0.1, -0.05) is 6.42 Å². The summed E-state index contributed by atoms with van der Waals surface area (Å²) in [5.74, 6) is -0.621. The molecular formula is C25H44BN3O7. The quantitative estimate of drug-likeness (QED) is 0.398. The fraction of sp³-hybridized carbons (Fsp3) is 0.880. The van der Waals surface area contributed by atoms with Crippen molar-refractivity contribution in [2.24, 2.45) is 5.41 Å². The Morgan fingerprint density at radius 2 is 1.72 bits per heavy atom. The van der Waals surface area contributed by atoms with E-state index in [0.717, 1.165) is 12.8 Å². The lowest BCUT2D eigenvalue weighted by Crippen LogP contribution is -2.59. The van der Waals surface area contributed by atoms with Crippen molar-refractivity contribution in [3.05, 3.63) is 0 Å². The number of methoxy groups -OCH3 is 1. The van der Waals surface area contributed by atoms with E-state index in [2.05, 4.69) is 10.6 Å². The Balaban J connectivity index is 1.70. The minimum absolute atomic E-state index is 0.190. The van der Waals surface area contributed by atoms with Gasteiger partial charge >= 0.3 is 19.2 Å². The number of likely N-dealkylation sites (tertiary alicyclic amines) is 1. The van der Waals surface area contributed by atoms with Crippen LogP contribution in [0.15, 0.2) is 0 Å².